The van der Waals surface area contributed by atoms with Crippen LogP contribution in [-0.2, 0) is 24.2 Å². The molecule has 130 valence electrons. The number of nitrogens with one attached hydrogen (secondary N) is 1. The highest BCUT2D eigenvalue weighted by Gasteiger charge is 2.26. The van der Waals surface area contributed by atoms with Gasteiger partial charge in [0.1, 0.15) is 5.76 Å². The molecule has 0 aliphatic carbocycles. The number of hydrogen-bond acceptors (Lipinski definition) is 4. The number of rotatable bonds is 7. The summed E-state index contributed by atoms with van der Waals surface area (Å²) < 4.78 is 30.0. The first kappa shape index (κ1) is 17.8. The maximum Gasteiger partial charge on any atom is 0.251 e. The number of nitrogens with zero attached hydrogens (tertiary/aromatic N) is 2. The van der Waals surface area contributed by atoms with Gasteiger partial charge in [-0.15, -0.1) is 0 Å². The summed E-state index contributed by atoms with van der Waals surface area (Å²) in [4.78, 5) is 14.0. The number of halogens is 2. The fourth-order valence-corrected chi connectivity index (χ4v) is 3.03. The normalized spacial score (nSPS) is 16.9. The molecule has 0 atom stereocenters. The second kappa shape index (κ2) is 8.38. The van der Waals surface area contributed by atoms with E-state index >= 15 is 0 Å². The van der Waals surface area contributed by atoms with Crippen LogP contribution in [0.2, 0.25) is 0 Å². The Bertz CT molecular complexity index is 490. The number of carbonyl (C=O) groups is 1. The van der Waals surface area contributed by atoms with E-state index in [2.05, 4.69) is 10.5 Å². The van der Waals surface area contributed by atoms with E-state index in [1.165, 1.54) is 0 Å². The molecule has 1 aliphatic rings. The van der Waals surface area contributed by atoms with Crippen molar-refractivity contribution in [1.82, 2.24) is 15.4 Å². The number of aryl methyl sites for hydroxylation is 2. The van der Waals surface area contributed by atoms with Crippen LogP contribution < -0.4 is 5.32 Å². The van der Waals surface area contributed by atoms with Gasteiger partial charge in [0.25, 0.3) is 6.43 Å². The largest absolute Gasteiger partial charge is 0.361 e. The number of amides is 1. The highest BCUT2D eigenvalue weighted by atomic mass is 19.3. The van der Waals surface area contributed by atoms with E-state index in [1.54, 1.807) is 4.90 Å². The molecular formula is C16H25F2N3O2. The van der Waals surface area contributed by atoms with E-state index in [9.17, 15) is 13.6 Å². The molecule has 5 nitrogen and oxygen atoms in total. The molecule has 1 fully saturated rings. The van der Waals surface area contributed by atoms with E-state index < -0.39 is 6.43 Å². The van der Waals surface area contributed by atoms with Crippen LogP contribution in [-0.4, -0.2) is 42.0 Å². The Morgan fingerprint density at radius 1 is 1.35 bits per heavy atom. The van der Waals surface area contributed by atoms with Crippen LogP contribution in [0.5, 0.6) is 0 Å². The third-order valence-electron chi connectivity index (χ3n) is 4.40. The molecular weight excluding hydrogens is 304 g/mol. The van der Waals surface area contributed by atoms with E-state index in [-0.39, 0.29) is 18.4 Å². The second-order valence-corrected chi connectivity index (χ2v) is 5.92. The number of aromatic nitrogens is 1. The van der Waals surface area contributed by atoms with Crippen molar-refractivity contribution < 1.29 is 18.1 Å². The molecule has 23 heavy (non-hydrogen) atoms. The van der Waals surface area contributed by atoms with Gasteiger partial charge in [0.15, 0.2) is 0 Å². The third kappa shape index (κ3) is 4.73. The van der Waals surface area contributed by atoms with Gasteiger partial charge in [-0.05, 0) is 32.4 Å². The quantitative estimate of drug-likeness (QED) is 0.834. The van der Waals surface area contributed by atoms with Gasteiger partial charge >= 0.3 is 0 Å². The average molecular weight is 329 g/mol. The molecule has 2 heterocycles. The summed E-state index contributed by atoms with van der Waals surface area (Å²) in [6.45, 7) is 5.32. The molecule has 0 aromatic carbocycles. The molecule has 7 heteroatoms. The van der Waals surface area contributed by atoms with E-state index in [1.807, 2.05) is 13.8 Å². The second-order valence-electron chi connectivity index (χ2n) is 5.92. The van der Waals surface area contributed by atoms with Crippen molar-refractivity contribution in [3.8, 4) is 0 Å². The lowest BCUT2D eigenvalue weighted by Gasteiger charge is -2.30. The Hall–Kier alpha value is -1.50. The maximum absolute atomic E-state index is 12.4. The minimum absolute atomic E-state index is 0.00740. The number of hydrogen-bond donors (Lipinski definition) is 1. The van der Waals surface area contributed by atoms with Crippen LogP contribution >= 0.6 is 0 Å². The third-order valence-corrected chi connectivity index (χ3v) is 4.40. The van der Waals surface area contributed by atoms with Crippen molar-refractivity contribution in [2.75, 3.05) is 19.6 Å². The molecule has 1 aromatic rings. The topological polar surface area (TPSA) is 58.4 Å². The highest BCUT2D eigenvalue weighted by molar-refractivity contribution is 5.78. The van der Waals surface area contributed by atoms with Gasteiger partial charge in [0.05, 0.1) is 12.2 Å². The van der Waals surface area contributed by atoms with E-state index in [0.717, 1.165) is 29.9 Å². The lowest BCUT2D eigenvalue weighted by molar-refractivity contribution is -0.126. The molecule has 0 unspecified atom stereocenters. The van der Waals surface area contributed by atoms with Crippen LogP contribution in [0.15, 0.2) is 4.52 Å². The van der Waals surface area contributed by atoms with Crippen LogP contribution in [0.25, 0.3) is 0 Å². The van der Waals surface area contributed by atoms with Crippen LogP contribution in [0.3, 0.4) is 0 Å². The summed E-state index contributed by atoms with van der Waals surface area (Å²) in [7, 11) is 0. The SMILES string of the molecule is CCc1noc(CC)c1CNC(=O)C1CCN(CC(F)F)CC1. The smallest absolute Gasteiger partial charge is 0.251 e. The van der Waals surface area contributed by atoms with Crippen LogP contribution in [0.4, 0.5) is 8.78 Å². The summed E-state index contributed by atoms with van der Waals surface area (Å²) in [5.41, 5.74) is 1.85. The maximum atomic E-state index is 12.4. The van der Waals surface area contributed by atoms with Gasteiger partial charge in [-0.25, -0.2) is 8.78 Å². The number of alkyl halides is 2. The monoisotopic (exact) mass is 329 g/mol. The van der Waals surface area contributed by atoms with Gasteiger partial charge in [-0.1, -0.05) is 19.0 Å². The fraction of sp³-hybridized carbons (Fsp3) is 0.750. The summed E-state index contributed by atoms with van der Waals surface area (Å²) in [5.74, 6) is 0.708. The molecule has 1 aliphatic heterocycles. The van der Waals surface area contributed by atoms with Crippen molar-refractivity contribution in [1.29, 1.82) is 0 Å². The Labute approximate surface area is 135 Å². The van der Waals surface area contributed by atoms with Gasteiger partial charge in [-0.2, -0.15) is 0 Å². The van der Waals surface area contributed by atoms with Gasteiger partial charge in [0, 0.05) is 24.4 Å². The molecule has 0 bridgehead atoms. The summed E-state index contributed by atoms with van der Waals surface area (Å²) in [6, 6.07) is 0. The first-order chi connectivity index (χ1) is 11.0. The van der Waals surface area contributed by atoms with Crippen molar-refractivity contribution in [3.63, 3.8) is 0 Å². The highest BCUT2D eigenvalue weighted by Crippen LogP contribution is 2.19. The predicted molar refractivity (Wildman–Crippen MR) is 82.3 cm³/mol. The Morgan fingerprint density at radius 2 is 2.04 bits per heavy atom. The molecule has 1 saturated heterocycles. The first-order valence-corrected chi connectivity index (χ1v) is 8.29. The molecule has 1 aromatic heterocycles. The Morgan fingerprint density at radius 3 is 2.61 bits per heavy atom. The molecule has 0 spiro atoms. The Balaban J connectivity index is 1.83. The summed E-state index contributed by atoms with van der Waals surface area (Å²) in [5, 5.41) is 6.98. The van der Waals surface area contributed by atoms with Gasteiger partial charge < -0.3 is 9.84 Å². The summed E-state index contributed by atoms with van der Waals surface area (Å²) >= 11 is 0. The summed E-state index contributed by atoms with van der Waals surface area (Å²) in [6.07, 6.45) is 0.451. The molecule has 1 amide bonds. The minimum Gasteiger partial charge on any atom is -0.361 e. The lowest BCUT2D eigenvalue weighted by Crippen LogP contribution is -2.42. The number of carbonyl (C=O) groups excluding carboxylic acids is 1. The zero-order chi connectivity index (χ0) is 16.8. The Kier molecular flexibility index (Phi) is 6.50. The average Bonchev–Trinajstić information content (AvgIpc) is 2.94. The fourth-order valence-electron chi connectivity index (χ4n) is 3.03. The van der Waals surface area contributed by atoms with Crippen LogP contribution in [0.1, 0.15) is 43.7 Å². The minimum atomic E-state index is -2.31. The number of likely N-dealkylation sites (tertiary alicyclic amines) is 1. The van der Waals surface area contributed by atoms with Crippen molar-refractivity contribution in [2.24, 2.45) is 5.92 Å². The lowest BCUT2D eigenvalue weighted by atomic mass is 9.95. The molecule has 2 rings (SSSR count). The number of piperidine rings is 1. The van der Waals surface area contributed by atoms with Gasteiger partial charge in [-0.3, -0.25) is 9.69 Å². The molecule has 1 N–H and O–H groups in total. The standard InChI is InChI=1S/C16H25F2N3O2/c1-3-13-12(14(4-2)23-20-13)9-19-16(22)11-5-7-21(8-6-11)10-15(17)18/h11,15H,3-10H2,1-2H3,(H,19,22). The van der Waals surface area contributed by atoms with Crippen molar-refractivity contribution in [3.05, 3.63) is 17.0 Å². The molecule has 0 radical (unpaired) electrons. The first-order valence-electron chi connectivity index (χ1n) is 8.29. The van der Waals surface area contributed by atoms with Crippen molar-refractivity contribution >= 4 is 5.91 Å². The van der Waals surface area contributed by atoms with E-state index in [4.69, 9.17) is 4.52 Å². The van der Waals surface area contributed by atoms with E-state index in [0.29, 0.717) is 32.5 Å². The zero-order valence-electron chi connectivity index (χ0n) is 13.8. The van der Waals surface area contributed by atoms with Gasteiger partial charge in [0.2, 0.25) is 5.91 Å². The van der Waals surface area contributed by atoms with Crippen LogP contribution in [0, 0.1) is 5.92 Å². The molecule has 0 saturated carbocycles. The zero-order valence-corrected chi connectivity index (χ0v) is 13.8. The van der Waals surface area contributed by atoms with Crippen molar-refractivity contribution in [2.45, 2.75) is 52.5 Å². The predicted octanol–water partition coefficient (Wildman–Crippen LogP) is 2.39.